The van der Waals surface area contributed by atoms with Gasteiger partial charge in [-0.1, -0.05) is 6.92 Å². The Bertz CT molecular complexity index is 176. The van der Waals surface area contributed by atoms with Gasteiger partial charge in [0.2, 0.25) is 0 Å². The lowest BCUT2D eigenvalue weighted by Gasteiger charge is -2.07. The molecule has 0 rings (SSSR count). The third kappa shape index (κ3) is 15.5. The summed E-state index contributed by atoms with van der Waals surface area (Å²) >= 11 is 0. The van der Waals surface area contributed by atoms with Gasteiger partial charge in [-0.05, 0) is 19.9 Å². The molecule has 0 aliphatic heterocycles. The number of nitrogens with one attached hydrogen (secondary N) is 4. The standard InChI is InChI=1S/C12H28N4O/c1-3-4-13-5-6-14-7-8-15-9-10-16-11-12(2)17/h13-16H,3-11H2,1-2H3. The minimum atomic E-state index is 0.186. The summed E-state index contributed by atoms with van der Waals surface area (Å²) in [6.07, 6.45) is 1.19. The quantitative estimate of drug-likeness (QED) is 0.324. The van der Waals surface area contributed by atoms with Crippen LogP contribution in [-0.4, -0.2) is 58.1 Å². The number of Topliss-reactive ketones (excluding diaryl/α,β-unsaturated/α-hetero) is 1. The van der Waals surface area contributed by atoms with E-state index in [4.69, 9.17) is 0 Å². The summed E-state index contributed by atoms with van der Waals surface area (Å²) in [6.45, 7) is 11.1. The van der Waals surface area contributed by atoms with Crippen LogP contribution in [0, 0.1) is 0 Å². The zero-order chi connectivity index (χ0) is 12.8. The summed E-state index contributed by atoms with van der Waals surface area (Å²) in [5, 5.41) is 13.1. The van der Waals surface area contributed by atoms with E-state index >= 15 is 0 Å². The largest absolute Gasteiger partial charge is 0.315 e. The molecule has 17 heavy (non-hydrogen) atoms. The first-order chi connectivity index (χ1) is 8.27. The maximum Gasteiger partial charge on any atom is 0.143 e. The Morgan fingerprint density at radius 1 is 0.765 bits per heavy atom. The molecule has 0 fully saturated rings. The highest BCUT2D eigenvalue weighted by molar-refractivity contribution is 5.77. The maximum absolute atomic E-state index is 10.6. The maximum atomic E-state index is 10.6. The van der Waals surface area contributed by atoms with Crippen LogP contribution in [0.25, 0.3) is 0 Å². The first-order valence-electron chi connectivity index (χ1n) is 6.59. The van der Waals surface area contributed by atoms with Crippen molar-refractivity contribution >= 4 is 5.78 Å². The number of ketones is 1. The van der Waals surface area contributed by atoms with Crippen molar-refractivity contribution in [1.29, 1.82) is 0 Å². The Labute approximate surface area is 105 Å². The number of rotatable bonds is 13. The van der Waals surface area contributed by atoms with E-state index in [-0.39, 0.29) is 5.78 Å². The van der Waals surface area contributed by atoms with Gasteiger partial charge < -0.3 is 21.3 Å². The zero-order valence-corrected chi connectivity index (χ0v) is 11.3. The van der Waals surface area contributed by atoms with E-state index in [0.717, 1.165) is 45.8 Å². The van der Waals surface area contributed by atoms with Crippen LogP contribution in [0.1, 0.15) is 20.3 Å². The van der Waals surface area contributed by atoms with Crippen LogP contribution in [0.15, 0.2) is 0 Å². The Morgan fingerprint density at radius 3 is 1.59 bits per heavy atom. The minimum absolute atomic E-state index is 0.186. The Kier molecular flexibility index (Phi) is 13.2. The topological polar surface area (TPSA) is 65.2 Å². The molecule has 0 aliphatic carbocycles. The summed E-state index contributed by atoms with van der Waals surface area (Å²) in [6, 6.07) is 0. The lowest BCUT2D eigenvalue weighted by molar-refractivity contribution is -0.116. The molecule has 0 bridgehead atoms. The highest BCUT2D eigenvalue weighted by Gasteiger charge is 1.91. The van der Waals surface area contributed by atoms with E-state index in [2.05, 4.69) is 28.2 Å². The predicted octanol–water partition coefficient (Wildman–Crippen LogP) is -0.656. The first-order valence-corrected chi connectivity index (χ1v) is 6.59. The van der Waals surface area contributed by atoms with Crippen LogP contribution in [0.4, 0.5) is 0 Å². The van der Waals surface area contributed by atoms with Crippen molar-refractivity contribution in [3.8, 4) is 0 Å². The fourth-order valence-electron chi connectivity index (χ4n) is 1.35. The molecule has 0 atom stereocenters. The van der Waals surface area contributed by atoms with E-state index < -0.39 is 0 Å². The Balaban J connectivity index is 2.91. The Hall–Kier alpha value is -0.490. The zero-order valence-electron chi connectivity index (χ0n) is 11.3. The molecule has 0 saturated heterocycles. The van der Waals surface area contributed by atoms with Crippen molar-refractivity contribution in [2.24, 2.45) is 0 Å². The van der Waals surface area contributed by atoms with Crippen LogP contribution in [-0.2, 0) is 4.79 Å². The fourth-order valence-corrected chi connectivity index (χ4v) is 1.35. The highest BCUT2D eigenvalue weighted by Crippen LogP contribution is 1.68. The molecular formula is C12H28N4O. The average Bonchev–Trinajstić information content (AvgIpc) is 2.30. The monoisotopic (exact) mass is 244 g/mol. The molecule has 4 N–H and O–H groups in total. The molecule has 5 nitrogen and oxygen atoms in total. The number of carbonyl (C=O) groups excluding carboxylic acids is 1. The number of hydrogen-bond donors (Lipinski definition) is 4. The van der Waals surface area contributed by atoms with Gasteiger partial charge in [0.05, 0.1) is 6.54 Å². The van der Waals surface area contributed by atoms with Crippen LogP contribution in [0.2, 0.25) is 0 Å². The third-order valence-corrected chi connectivity index (χ3v) is 2.24. The molecule has 0 radical (unpaired) electrons. The molecule has 0 amide bonds. The van der Waals surface area contributed by atoms with Gasteiger partial charge in [-0.25, -0.2) is 0 Å². The van der Waals surface area contributed by atoms with E-state index in [1.165, 1.54) is 6.42 Å². The molecule has 0 aromatic carbocycles. The summed E-state index contributed by atoms with van der Waals surface area (Å²) < 4.78 is 0. The SMILES string of the molecule is CCCNCCNCCNCCNCC(C)=O. The molecular weight excluding hydrogens is 216 g/mol. The second-order valence-corrected chi connectivity index (χ2v) is 4.13. The van der Waals surface area contributed by atoms with Gasteiger partial charge in [-0.3, -0.25) is 4.79 Å². The third-order valence-electron chi connectivity index (χ3n) is 2.24. The molecule has 102 valence electrons. The summed E-state index contributed by atoms with van der Waals surface area (Å²) in [4.78, 5) is 10.6. The van der Waals surface area contributed by atoms with Crippen molar-refractivity contribution in [2.45, 2.75) is 20.3 Å². The van der Waals surface area contributed by atoms with Gasteiger partial charge in [0.15, 0.2) is 0 Å². The van der Waals surface area contributed by atoms with Crippen molar-refractivity contribution in [3.05, 3.63) is 0 Å². The van der Waals surface area contributed by atoms with E-state index in [9.17, 15) is 4.79 Å². The molecule has 0 aliphatic rings. The van der Waals surface area contributed by atoms with E-state index in [1.807, 2.05) is 0 Å². The first kappa shape index (κ1) is 16.5. The lowest BCUT2D eigenvalue weighted by atomic mass is 10.4. The van der Waals surface area contributed by atoms with Crippen molar-refractivity contribution in [3.63, 3.8) is 0 Å². The minimum Gasteiger partial charge on any atom is -0.315 e. The van der Waals surface area contributed by atoms with Crippen LogP contribution >= 0.6 is 0 Å². The Morgan fingerprint density at radius 2 is 1.18 bits per heavy atom. The number of hydrogen-bond acceptors (Lipinski definition) is 5. The molecule has 5 heteroatoms. The van der Waals surface area contributed by atoms with Crippen molar-refractivity contribution < 1.29 is 4.79 Å². The second kappa shape index (κ2) is 13.6. The van der Waals surface area contributed by atoms with E-state index in [0.29, 0.717) is 6.54 Å². The molecule has 0 aromatic heterocycles. The van der Waals surface area contributed by atoms with Crippen LogP contribution < -0.4 is 21.3 Å². The van der Waals surface area contributed by atoms with Crippen LogP contribution in [0.5, 0.6) is 0 Å². The van der Waals surface area contributed by atoms with Gasteiger partial charge in [-0.15, -0.1) is 0 Å². The van der Waals surface area contributed by atoms with Crippen molar-refractivity contribution in [1.82, 2.24) is 21.3 Å². The summed E-state index contributed by atoms with van der Waals surface area (Å²) in [5.41, 5.74) is 0. The highest BCUT2D eigenvalue weighted by atomic mass is 16.1. The average molecular weight is 244 g/mol. The summed E-state index contributed by atoms with van der Waals surface area (Å²) in [5.74, 6) is 0.186. The second-order valence-electron chi connectivity index (χ2n) is 4.13. The lowest BCUT2D eigenvalue weighted by Crippen LogP contribution is -2.35. The summed E-state index contributed by atoms with van der Waals surface area (Å²) in [7, 11) is 0. The normalized spacial score (nSPS) is 10.7. The van der Waals surface area contributed by atoms with E-state index in [1.54, 1.807) is 6.92 Å². The molecule has 0 spiro atoms. The van der Waals surface area contributed by atoms with Gasteiger partial charge in [0.25, 0.3) is 0 Å². The molecule has 0 unspecified atom stereocenters. The smallest absolute Gasteiger partial charge is 0.143 e. The van der Waals surface area contributed by atoms with Gasteiger partial charge >= 0.3 is 0 Å². The van der Waals surface area contributed by atoms with Crippen molar-refractivity contribution in [2.75, 3.05) is 52.4 Å². The van der Waals surface area contributed by atoms with Gasteiger partial charge in [0, 0.05) is 39.3 Å². The number of carbonyl (C=O) groups is 1. The van der Waals surface area contributed by atoms with Gasteiger partial charge in [-0.2, -0.15) is 0 Å². The van der Waals surface area contributed by atoms with Gasteiger partial charge in [0.1, 0.15) is 5.78 Å². The molecule has 0 saturated carbocycles. The predicted molar refractivity (Wildman–Crippen MR) is 72.5 cm³/mol. The fraction of sp³-hybridized carbons (Fsp3) is 0.917. The molecule has 0 heterocycles. The molecule has 0 aromatic rings. The van der Waals surface area contributed by atoms with Crippen LogP contribution in [0.3, 0.4) is 0 Å².